The van der Waals surface area contributed by atoms with E-state index in [2.05, 4.69) is 48.4 Å². The van der Waals surface area contributed by atoms with E-state index in [0.29, 0.717) is 69.5 Å². The van der Waals surface area contributed by atoms with E-state index in [1.165, 1.54) is 5.56 Å². The van der Waals surface area contributed by atoms with Gasteiger partial charge in [0.1, 0.15) is 5.75 Å². The Morgan fingerprint density at radius 1 is 0.667 bits per heavy atom. The van der Waals surface area contributed by atoms with Gasteiger partial charge in [0.25, 0.3) is 5.91 Å². The van der Waals surface area contributed by atoms with E-state index in [1.54, 1.807) is 19.2 Å². The van der Waals surface area contributed by atoms with Gasteiger partial charge in [-0.2, -0.15) is 15.0 Å². The number of hydrogen-bond donors (Lipinski definition) is 4. The fraction of sp³-hybridized carbons (Fsp3) is 0.290. The fourth-order valence-electron chi connectivity index (χ4n) is 3.84. The molecule has 42 heavy (non-hydrogen) atoms. The summed E-state index contributed by atoms with van der Waals surface area (Å²) in [4.78, 5) is 25.6. The summed E-state index contributed by atoms with van der Waals surface area (Å²) >= 11 is 0. The third-order valence-electron chi connectivity index (χ3n) is 5.99. The summed E-state index contributed by atoms with van der Waals surface area (Å²) < 4.78 is 16.4. The van der Waals surface area contributed by atoms with Gasteiger partial charge in [-0.05, 0) is 48.4 Å². The highest BCUT2D eigenvalue weighted by Crippen LogP contribution is 2.19. The molecule has 0 radical (unpaired) electrons. The Morgan fingerprint density at radius 2 is 1.26 bits per heavy atom. The van der Waals surface area contributed by atoms with E-state index >= 15 is 0 Å². The number of hydrogen-bond acceptors (Lipinski definition) is 10. The molecule has 0 aliphatic heterocycles. The number of benzene rings is 3. The number of amides is 1. The van der Waals surface area contributed by atoms with Crippen LogP contribution in [-0.2, 0) is 15.9 Å². The van der Waals surface area contributed by atoms with E-state index in [1.807, 2.05) is 60.7 Å². The highest BCUT2D eigenvalue weighted by Gasteiger charge is 2.08. The number of nitrogens with one attached hydrogen (secondary N) is 4. The van der Waals surface area contributed by atoms with Crippen LogP contribution in [0.1, 0.15) is 15.9 Å². The molecule has 11 heteroatoms. The number of carbonyl (C=O) groups excluding carboxylic acids is 1. The molecular weight excluding hydrogens is 534 g/mol. The first-order chi connectivity index (χ1) is 20.7. The first kappa shape index (κ1) is 30.2. The van der Waals surface area contributed by atoms with Crippen molar-refractivity contribution in [3.63, 3.8) is 0 Å². The van der Waals surface area contributed by atoms with Crippen molar-refractivity contribution < 1.29 is 19.0 Å². The summed E-state index contributed by atoms with van der Waals surface area (Å²) in [5, 5.41) is 12.5. The predicted octanol–water partition coefficient (Wildman–Crippen LogP) is 4.15. The van der Waals surface area contributed by atoms with Crippen LogP contribution in [0.2, 0.25) is 0 Å². The van der Waals surface area contributed by atoms with Gasteiger partial charge in [0.15, 0.2) is 0 Å². The van der Waals surface area contributed by atoms with Crippen LogP contribution in [0.25, 0.3) is 0 Å². The van der Waals surface area contributed by atoms with Crippen LogP contribution in [0, 0.1) is 0 Å². The molecule has 0 aliphatic rings. The average molecular weight is 572 g/mol. The third kappa shape index (κ3) is 10.7. The molecule has 4 aromatic rings. The Hall–Kier alpha value is -4.74. The molecule has 0 unspecified atom stereocenters. The Labute approximate surface area is 246 Å². The van der Waals surface area contributed by atoms with E-state index in [0.717, 1.165) is 17.9 Å². The molecule has 0 atom stereocenters. The first-order valence-corrected chi connectivity index (χ1v) is 13.9. The number of anilines is 4. The maximum atomic E-state index is 12.0. The summed E-state index contributed by atoms with van der Waals surface area (Å²) in [6, 6.07) is 26.8. The Kier molecular flexibility index (Phi) is 12.3. The zero-order valence-corrected chi connectivity index (χ0v) is 23.7. The van der Waals surface area contributed by atoms with Gasteiger partial charge in [-0.25, -0.2) is 0 Å². The van der Waals surface area contributed by atoms with Crippen LogP contribution in [0.4, 0.5) is 23.5 Å². The molecule has 11 nitrogen and oxygen atoms in total. The van der Waals surface area contributed by atoms with Gasteiger partial charge < -0.3 is 35.5 Å². The number of aromatic nitrogens is 3. The molecule has 0 aliphatic carbocycles. The van der Waals surface area contributed by atoms with Crippen molar-refractivity contribution in [2.24, 2.45) is 0 Å². The monoisotopic (exact) mass is 571 g/mol. The van der Waals surface area contributed by atoms with Gasteiger partial charge >= 0.3 is 0 Å². The SMILES string of the molecule is COc1ccc(Nc2nc(NCCOCCOCCNC(=O)c3ccccc3)nc(NCCc3ccccc3)n2)cc1. The van der Waals surface area contributed by atoms with Crippen molar-refractivity contribution in [2.75, 3.05) is 69.1 Å². The summed E-state index contributed by atoms with van der Waals surface area (Å²) in [5.74, 6) is 1.96. The maximum absolute atomic E-state index is 12.0. The lowest BCUT2D eigenvalue weighted by Crippen LogP contribution is -2.27. The van der Waals surface area contributed by atoms with E-state index < -0.39 is 0 Å². The van der Waals surface area contributed by atoms with Gasteiger partial charge in [-0.3, -0.25) is 4.79 Å². The minimum atomic E-state index is -0.114. The lowest BCUT2D eigenvalue weighted by Gasteiger charge is -2.12. The molecule has 3 aromatic carbocycles. The Balaban J connectivity index is 1.18. The molecule has 0 spiro atoms. The standard InChI is InChI=1S/C31H37N7O4/c1-40-27-14-12-26(13-15-27)35-31-37-29(33-17-16-24-8-4-2-5-9-24)36-30(38-31)34-19-21-42-23-22-41-20-18-32-28(39)25-10-6-3-7-11-25/h2-15H,16-23H2,1H3,(H,32,39)(H3,33,34,35,36,37,38). The highest BCUT2D eigenvalue weighted by molar-refractivity contribution is 5.94. The minimum absolute atomic E-state index is 0.114. The van der Waals surface area contributed by atoms with E-state index in [4.69, 9.17) is 14.2 Å². The van der Waals surface area contributed by atoms with Crippen molar-refractivity contribution in [3.05, 3.63) is 96.1 Å². The van der Waals surface area contributed by atoms with E-state index in [-0.39, 0.29) is 5.91 Å². The molecule has 1 amide bonds. The van der Waals surface area contributed by atoms with Crippen molar-refractivity contribution in [1.82, 2.24) is 20.3 Å². The number of methoxy groups -OCH3 is 1. The second-order valence-electron chi connectivity index (χ2n) is 9.10. The molecule has 1 aromatic heterocycles. The Bertz CT molecular complexity index is 1340. The lowest BCUT2D eigenvalue weighted by molar-refractivity contribution is 0.0519. The van der Waals surface area contributed by atoms with Crippen molar-refractivity contribution >= 4 is 29.4 Å². The summed E-state index contributed by atoms with van der Waals surface area (Å²) in [6.45, 7) is 3.33. The molecule has 0 saturated carbocycles. The second kappa shape index (κ2) is 17.2. The number of rotatable bonds is 18. The van der Waals surface area contributed by atoms with E-state index in [9.17, 15) is 4.79 Å². The zero-order chi connectivity index (χ0) is 29.2. The van der Waals surface area contributed by atoms with Gasteiger partial charge in [-0.15, -0.1) is 0 Å². The van der Waals surface area contributed by atoms with Gasteiger partial charge in [0.2, 0.25) is 17.8 Å². The van der Waals surface area contributed by atoms with Crippen LogP contribution in [-0.4, -0.2) is 74.0 Å². The normalized spacial score (nSPS) is 10.6. The molecule has 1 heterocycles. The molecular formula is C31H37N7O4. The molecule has 4 rings (SSSR count). The van der Waals surface area contributed by atoms with Crippen LogP contribution >= 0.6 is 0 Å². The molecule has 0 fully saturated rings. The highest BCUT2D eigenvalue weighted by atomic mass is 16.5. The van der Waals surface area contributed by atoms with Gasteiger partial charge in [0, 0.05) is 30.9 Å². The number of nitrogens with zero attached hydrogens (tertiary/aromatic N) is 3. The largest absolute Gasteiger partial charge is 0.497 e. The molecule has 4 N–H and O–H groups in total. The van der Waals surface area contributed by atoms with Crippen LogP contribution in [0.3, 0.4) is 0 Å². The van der Waals surface area contributed by atoms with Crippen molar-refractivity contribution in [2.45, 2.75) is 6.42 Å². The van der Waals surface area contributed by atoms with Crippen LogP contribution in [0.15, 0.2) is 84.9 Å². The number of ether oxygens (including phenoxy) is 3. The lowest BCUT2D eigenvalue weighted by atomic mass is 10.1. The zero-order valence-electron chi connectivity index (χ0n) is 23.7. The smallest absolute Gasteiger partial charge is 0.251 e. The summed E-state index contributed by atoms with van der Waals surface area (Å²) in [7, 11) is 1.63. The topological polar surface area (TPSA) is 132 Å². The summed E-state index contributed by atoms with van der Waals surface area (Å²) in [6.07, 6.45) is 0.839. The van der Waals surface area contributed by atoms with Crippen molar-refractivity contribution in [1.29, 1.82) is 0 Å². The van der Waals surface area contributed by atoms with Crippen molar-refractivity contribution in [3.8, 4) is 5.75 Å². The second-order valence-corrected chi connectivity index (χ2v) is 9.10. The predicted molar refractivity (Wildman–Crippen MR) is 164 cm³/mol. The fourth-order valence-corrected chi connectivity index (χ4v) is 3.84. The maximum Gasteiger partial charge on any atom is 0.251 e. The van der Waals surface area contributed by atoms with Crippen LogP contribution in [0.5, 0.6) is 5.75 Å². The third-order valence-corrected chi connectivity index (χ3v) is 5.99. The molecule has 220 valence electrons. The van der Waals surface area contributed by atoms with Crippen LogP contribution < -0.4 is 26.0 Å². The minimum Gasteiger partial charge on any atom is -0.497 e. The van der Waals surface area contributed by atoms with Gasteiger partial charge in [-0.1, -0.05) is 48.5 Å². The molecule has 0 saturated heterocycles. The van der Waals surface area contributed by atoms with Gasteiger partial charge in [0.05, 0.1) is 33.5 Å². The average Bonchev–Trinajstić information content (AvgIpc) is 3.03. The first-order valence-electron chi connectivity index (χ1n) is 13.9. The molecule has 0 bridgehead atoms. The summed E-state index contributed by atoms with van der Waals surface area (Å²) in [5.41, 5.74) is 2.68. The quantitative estimate of drug-likeness (QED) is 0.129. The Morgan fingerprint density at radius 3 is 1.93 bits per heavy atom. The number of carbonyl (C=O) groups is 1.